The van der Waals surface area contributed by atoms with Gasteiger partial charge in [-0.1, -0.05) is 55.6 Å². The Morgan fingerprint density at radius 3 is 2.73 bits per heavy atom. The van der Waals surface area contributed by atoms with E-state index in [4.69, 9.17) is 11.6 Å². The minimum absolute atomic E-state index is 0.249. The lowest BCUT2D eigenvalue weighted by Crippen LogP contribution is -2.43. The summed E-state index contributed by atoms with van der Waals surface area (Å²) in [6.45, 7) is 5.25. The van der Waals surface area contributed by atoms with Crippen molar-refractivity contribution in [1.29, 1.82) is 0 Å². The van der Waals surface area contributed by atoms with Crippen LogP contribution in [0.25, 0.3) is 16.8 Å². The average molecular weight is 517 g/mol. The normalized spacial score (nSPS) is 14.3. The number of piperidine rings is 1. The molecule has 1 aliphatic heterocycles. The minimum Gasteiger partial charge on any atom is -0.370 e. The first-order valence-electron chi connectivity index (χ1n) is 13.1. The Morgan fingerprint density at radius 2 is 1.92 bits per heavy atom. The number of amides is 1. The number of benzene rings is 2. The van der Waals surface area contributed by atoms with Crippen molar-refractivity contribution in [2.24, 2.45) is 0 Å². The number of anilines is 2. The van der Waals surface area contributed by atoms with E-state index < -0.39 is 0 Å². The van der Waals surface area contributed by atoms with Gasteiger partial charge in [0, 0.05) is 35.9 Å². The standard InChI is InChI=1S/C29H33ClN6O/c1-2-3-6-15-31-23-12-16-35(17-13-23)27-11-5-4-10-25(27)34-29(37)26-14-18-36-28(33-26)24(20-32-36)21-8-7-9-22(30)19-21/h4-5,7-11,14,18-20,23,31H,2-3,6,12-13,15-17H2,1H3,(H,34,37). The molecule has 1 saturated heterocycles. The molecule has 0 saturated carbocycles. The van der Waals surface area contributed by atoms with Crippen LogP contribution in [0.1, 0.15) is 49.5 Å². The van der Waals surface area contributed by atoms with Gasteiger partial charge in [-0.25, -0.2) is 9.50 Å². The number of hydrogen-bond acceptors (Lipinski definition) is 5. The molecule has 2 N–H and O–H groups in total. The van der Waals surface area contributed by atoms with Gasteiger partial charge in [-0.2, -0.15) is 5.10 Å². The van der Waals surface area contributed by atoms with Crippen molar-refractivity contribution < 1.29 is 4.79 Å². The molecule has 2 aromatic heterocycles. The Labute approximate surface area is 222 Å². The lowest BCUT2D eigenvalue weighted by molar-refractivity contribution is 0.102. The van der Waals surface area contributed by atoms with E-state index in [0.717, 1.165) is 55.0 Å². The van der Waals surface area contributed by atoms with E-state index in [0.29, 0.717) is 22.4 Å². The highest BCUT2D eigenvalue weighted by atomic mass is 35.5. The van der Waals surface area contributed by atoms with Crippen molar-refractivity contribution in [2.45, 2.75) is 45.1 Å². The smallest absolute Gasteiger partial charge is 0.274 e. The molecule has 0 unspecified atom stereocenters. The number of carbonyl (C=O) groups is 1. The van der Waals surface area contributed by atoms with Crippen LogP contribution in [0.15, 0.2) is 67.0 Å². The van der Waals surface area contributed by atoms with E-state index in [2.05, 4.69) is 38.6 Å². The van der Waals surface area contributed by atoms with Gasteiger partial charge >= 0.3 is 0 Å². The van der Waals surface area contributed by atoms with Crippen molar-refractivity contribution in [2.75, 3.05) is 29.9 Å². The summed E-state index contributed by atoms with van der Waals surface area (Å²) >= 11 is 6.19. The third-order valence-electron chi connectivity index (χ3n) is 6.94. The van der Waals surface area contributed by atoms with Crippen LogP contribution in [0.4, 0.5) is 11.4 Å². The largest absolute Gasteiger partial charge is 0.370 e. The van der Waals surface area contributed by atoms with Crippen molar-refractivity contribution in [3.05, 3.63) is 77.7 Å². The molecule has 192 valence electrons. The number of para-hydroxylation sites is 2. The first-order valence-corrected chi connectivity index (χ1v) is 13.5. The molecule has 7 nitrogen and oxygen atoms in total. The fourth-order valence-corrected chi connectivity index (χ4v) is 5.09. The van der Waals surface area contributed by atoms with Gasteiger partial charge in [0.2, 0.25) is 0 Å². The molecule has 0 spiro atoms. The van der Waals surface area contributed by atoms with E-state index in [1.54, 1.807) is 23.0 Å². The molecule has 5 rings (SSSR count). The van der Waals surface area contributed by atoms with Crippen molar-refractivity contribution in [3.63, 3.8) is 0 Å². The molecule has 37 heavy (non-hydrogen) atoms. The summed E-state index contributed by atoms with van der Waals surface area (Å²) in [6, 6.07) is 17.8. The number of nitrogens with zero attached hydrogens (tertiary/aromatic N) is 4. The molecule has 0 radical (unpaired) electrons. The van der Waals surface area contributed by atoms with E-state index in [1.165, 1.54) is 19.3 Å². The highest BCUT2D eigenvalue weighted by molar-refractivity contribution is 6.30. The number of hydrogen-bond donors (Lipinski definition) is 2. The number of carbonyl (C=O) groups excluding carboxylic acids is 1. The maximum atomic E-state index is 13.3. The fraction of sp³-hybridized carbons (Fsp3) is 0.345. The number of rotatable bonds is 9. The van der Waals surface area contributed by atoms with Gasteiger partial charge in [0.25, 0.3) is 5.91 Å². The molecule has 1 aliphatic rings. The molecular formula is C29H33ClN6O. The van der Waals surface area contributed by atoms with Gasteiger partial charge in [-0.3, -0.25) is 4.79 Å². The molecule has 3 heterocycles. The summed E-state index contributed by atoms with van der Waals surface area (Å²) in [5.74, 6) is -0.249. The highest BCUT2D eigenvalue weighted by Crippen LogP contribution is 2.29. The zero-order valence-electron chi connectivity index (χ0n) is 21.2. The Bertz CT molecular complexity index is 1360. The van der Waals surface area contributed by atoms with Crippen LogP contribution in [0, 0.1) is 0 Å². The Balaban J connectivity index is 1.29. The second-order valence-corrected chi connectivity index (χ2v) is 9.98. The van der Waals surface area contributed by atoms with Gasteiger partial charge in [-0.15, -0.1) is 0 Å². The molecule has 0 aliphatic carbocycles. The van der Waals surface area contributed by atoms with Gasteiger partial charge in [-0.05, 0) is 61.7 Å². The number of nitrogens with one attached hydrogen (secondary N) is 2. The second kappa shape index (κ2) is 11.8. The van der Waals surface area contributed by atoms with Crippen molar-refractivity contribution in [1.82, 2.24) is 19.9 Å². The van der Waals surface area contributed by atoms with Crippen LogP contribution in [-0.2, 0) is 0 Å². The first-order chi connectivity index (χ1) is 18.1. The SMILES string of the molecule is CCCCCNC1CCN(c2ccccc2NC(=O)c2ccn3ncc(-c4cccc(Cl)c4)c3n2)CC1. The molecule has 0 atom stereocenters. The van der Waals surface area contributed by atoms with Gasteiger partial charge in [0.1, 0.15) is 5.69 Å². The topological polar surface area (TPSA) is 74.6 Å². The predicted octanol–water partition coefficient (Wildman–Crippen LogP) is 6.05. The van der Waals surface area contributed by atoms with Crippen LogP contribution in [-0.4, -0.2) is 46.2 Å². The Morgan fingerprint density at radius 1 is 1.08 bits per heavy atom. The van der Waals surface area contributed by atoms with Crippen LogP contribution >= 0.6 is 11.6 Å². The van der Waals surface area contributed by atoms with E-state index in [-0.39, 0.29) is 5.91 Å². The summed E-state index contributed by atoms with van der Waals surface area (Å²) in [5.41, 5.74) is 4.51. The Kier molecular flexibility index (Phi) is 8.02. The van der Waals surface area contributed by atoms with E-state index >= 15 is 0 Å². The molecular weight excluding hydrogens is 484 g/mol. The summed E-state index contributed by atoms with van der Waals surface area (Å²) in [5, 5.41) is 11.8. The lowest BCUT2D eigenvalue weighted by Gasteiger charge is -2.35. The van der Waals surface area contributed by atoms with Gasteiger partial charge < -0.3 is 15.5 Å². The number of halogens is 1. The van der Waals surface area contributed by atoms with E-state index in [9.17, 15) is 4.79 Å². The molecule has 0 bridgehead atoms. The molecule has 8 heteroatoms. The van der Waals surface area contributed by atoms with E-state index in [1.807, 2.05) is 42.5 Å². The van der Waals surface area contributed by atoms with Crippen LogP contribution in [0.5, 0.6) is 0 Å². The van der Waals surface area contributed by atoms with Crippen LogP contribution in [0.3, 0.4) is 0 Å². The lowest BCUT2D eigenvalue weighted by atomic mass is 10.0. The summed E-state index contributed by atoms with van der Waals surface area (Å²) in [4.78, 5) is 20.3. The minimum atomic E-state index is -0.249. The third kappa shape index (κ3) is 5.95. The second-order valence-electron chi connectivity index (χ2n) is 9.54. The van der Waals surface area contributed by atoms with Crippen LogP contribution < -0.4 is 15.5 Å². The first kappa shape index (κ1) is 25.2. The number of fused-ring (bicyclic) bond motifs is 1. The van der Waals surface area contributed by atoms with Crippen LogP contribution in [0.2, 0.25) is 5.02 Å². The van der Waals surface area contributed by atoms with Gasteiger partial charge in [0.05, 0.1) is 17.6 Å². The summed E-state index contributed by atoms with van der Waals surface area (Å²) in [7, 11) is 0. The zero-order chi connectivity index (χ0) is 25.6. The third-order valence-corrected chi connectivity index (χ3v) is 7.17. The summed E-state index contributed by atoms with van der Waals surface area (Å²) in [6.07, 6.45) is 9.47. The quantitative estimate of drug-likeness (QED) is 0.265. The number of unbranched alkanes of at least 4 members (excludes halogenated alkanes) is 2. The van der Waals surface area contributed by atoms with Crippen molar-refractivity contribution >= 4 is 34.5 Å². The monoisotopic (exact) mass is 516 g/mol. The molecule has 4 aromatic rings. The predicted molar refractivity (Wildman–Crippen MR) is 151 cm³/mol. The molecule has 1 fully saturated rings. The fourth-order valence-electron chi connectivity index (χ4n) is 4.90. The highest BCUT2D eigenvalue weighted by Gasteiger charge is 2.22. The summed E-state index contributed by atoms with van der Waals surface area (Å²) < 4.78 is 1.67. The number of aromatic nitrogens is 3. The maximum absolute atomic E-state index is 13.3. The molecule has 2 aromatic carbocycles. The Hall–Kier alpha value is -3.42. The van der Waals surface area contributed by atoms with Gasteiger partial charge in [0.15, 0.2) is 5.65 Å². The zero-order valence-corrected chi connectivity index (χ0v) is 21.9. The maximum Gasteiger partial charge on any atom is 0.274 e. The average Bonchev–Trinajstić information content (AvgIpc) is 3.35. The van der Waals surface area contributed by atoms with Crippen molar-refractivity contribution in [3.8, 4) is 11.1 Å². The molecule has 1 amide bonds.